The van der Waals surface area contributed by atoms with Crippen molar-refractivity contribution in [2.45, 2.75) is 43.7 Å². The molecule has 4 nitrogen and oxygen atoms in total. The van der Waals surface area contributed by atoms with E-state index in [-0.39, 0.29) is 5.41 Å². The molecule has 1 heterocycles. The Balaban J connectivity index is 1.73. The molecular weight excluding hydrogens is 406 g/mol. The predicted octanol–water partition coefficient (Wildman–Crippen LogP) is 5.43. The van der Waals surface area contributed by atoms with Gasteiger partial charge in [0, 0.05) is 23.7 Å². The molecule has 0 radical (unpaired) electrons. The van der Waals surface area contributed by atoms with Gasteiger partial charge in [-0.15, -0.1) is 0 Å². The second kappa shape index (κ2) is 7.86. The van der Waals surface area contributed by atoms with Gasteiger partial charge in [0.25, 0.3) is 0 Å². The quantitative estimate of drug-likeness (QED) is 0.514. The number of nitrogens with zero attached hydrogens (tertiary/aromatic N) is 2. The molecule has 1 saturated carbocycles. The van der Waals surface area contributed by atoms with E-state index in [1.165, 1.54) is 16.7 Å². The largest absolute Gasteiger partial charge is 0.383 e. The van der Waals surface area contributed by atoms with Crippen molar-refractivity contribution >= 4 is 11.4 Å². The third-order valence-electron chi connectivity index (χ3n) is 7.93. The molecule has 1 atom stereocenters. The van der Waals surface area contributed by atoms with Crippen LogP contribution >= 0.6 is 0 Å². The summed E-state index contributed by atoms with van der Waals surface area (Å²) in [6.45, 7) is 7.79. The number of hydrogen-bond acceptors (Lipinski definition) is 4. The predicted molar refractivity (Wildman–Crippen MR) is 133 cm³/mol. The number of fused-ring (bicyclic) bond motifs is 5. The van der Waals surface area contributed by atoms with E-state index in [4.69, 9.17) is 15.5 Å². The summed E-state index contributed by atoms with van der Waals surface area (Å²) < 4.78 is 5.71. The summed E-state index contributed by atoms with van der Waals surface area (Å²) in [6.07, 6.45) is 8.97. The van der Waals surface area contributed by atoms with Crippen LogP contribution < -0.4 is 5.73 Å². The van der Waals surface area contributed by atoms with Gasteiger partial charge < -0.3 is 10.5 Å². The average Bonchev–Trinajstić information content (AvgIpc) is 3.30. The van der Waals surface area contributed by atoms with Crippen LogP contribution in [0.25, 0.3) is 5.57 Å². The van der Waals surface area contributed by atoms with Crippen molar-refractivity contribution in [1.29, 1.82) is 5.26 Å². The minimum atomic E-state index is -0.504. The molecule has 2 N–H and O–H groups in total. The first-order valence-electron chi connectivity index (χ1n) is 11.5. The molecule has 4 heteroatoms. The third kappa shape index (κ3) is 3.03. The number of rotatable bonds is 4. The summed E-state index contributed by atoms with van der Waals surface area (Å²) in [5.74, 6) is 0.620. The molecule has 2 aromatic carbocycles. The molecule has 2 aliphatic carbocycles. The number of allylic oxidation sites excluding steroid dienone is 4. The summed E-state index contributed by atoms with van der Waals surface area (Å²) in [5.41, 5.74) is 13.1. The van der Waals surface area contributed by atoms with Gasteiger partial charge in [0.15, 0.2) is 0 Å². The van der Waals surface area contributed by atoms with Crippen molar-refractivity contribution in [2.24, 2.45) is 16.1 Å². The second-order valence-corrected chi connectivity index (χ2v) is 9.46. The van der Waals surface area contributed by atoms with Crippen LogP contribution in [0.3, 0.4) is 0 Å². The highest BCUT2D eigenvalue weighted by Crippen LogP contribution is 2.64. The zero-order valence-electron chi connectivity index (χ0n) is 19.1. The minimum Gasteiger partial charge on any atom is -0.383 e. The van der Waals surface area contributed by atoms with E-state index in [0.29, 0.717) is 17.5 Å². The lowest BCUT2D eigenvalue weighted by Crippen LogP contribution is -2.45. The summed E-state index contributed by atoms with van der Waals surface area (Å²) >= 11 is 0. The number of methoxy groups -OCH3 is 1. The van der Waals surface area contributed by atoms with E-state index in [1.54, 1.807) is 12.2 Å². The zero-order valence-corrected chi connectivity index (χ0v) is 19.1. The average molecular weight is 436 g/mol. The summed E-state index contributed by atoms with van der Waals surface area (Å²) in [7, 11) is 1.81. The van der Waals surface area contributed by atoms with Gasteiger partial charge in [-0.2, -0.15) is 5.26 Å². The third-order valence-corrected chi connectivity index (χ3v) is 7.93. The van der Waals surface area contributed by atoms with Crippen molar-refractivity contribution in [3.8, 4) is 6.07 Å². The highest BCUT2D eigenvalue weighted by molar-refractivity contribution is 6.03. The Hall–Kier alpha value is -3.42. The van der Waals surface area contributed by atoms with Gasteiger partial charge in [0.1, 0.15) is 11.4 Å². The van der Waals surface area contributed by atoms with Crippen molar-refractivity contribution in [2.75, 3.05) is 7.11 Å². The first-order chi connectivity index (χ1) is 16.0. The monoisotopic (exact) mass is 435 g/mol. The van der Waals surface area contributed by atoms with Crippen LogP contribution in [-0.4, -0.2) is 19.0 Å². The summed E-state index contributed by atoms with van der Waals surface area (Å²) in [5, 5.41) is 9.22. The maximum absolute atomic E-state index is 9.22. The first-order valence-corrected chi connectivity index (χ1v) is 11.5. The second-order valence-electron chi connectivity index (χ2n) is 9.46. The summed E-state index contributed by atoms with van der Waals surface area (Å²) in [6, 6.07) is 17.1. The molecule has 1 fully saturated rings. The van der Waals surface area contributed by atoms with Crippen LogP contribution in [0.15, 0.2) is 78.3 Å². The molecule has 2 spiro atoms. The first kappa shape index (κ1) is 21.4. The van der Waals surface area contributed by atoms with Crippen LogP contribution in [0.5, 0.6) is 0 Å². The molecular formula is C29H29N3O. The lowest BCUT2D eigenvalue weighted by Gasteiger charge is -2.47. The van der Waals surface area contributed by atoms with Gasteiger partial charge in [0.05, 0.1) is 12.2 Å². The fourth-order valence-corrected chi connectivity index (χ4v) is 6.36. The van der Waals surface area contributed by atoms with Gasteiger partial charge in [0.2, 0.25) is 0 Å². The van der Waals surface area contributed by atoms with Gasteiger partial charge >= 0.3 is 0 Å². The Morgan fingerprint density at radius 3 is 2.67 bits per heavy atom. The number of aliphatic imine (C=N–C) groups is 1. The number of hydrogen-bond donors (Lipinski definition) is 1. The van der Waals surface area contributed by atoms with Crippen molar-refractivity contribution < 1.29 is 4.74 Å². The van der Waals surface area contributed by atoms with Crippen LogP contribution in [-0.2, 0) is 16.7 Å². The fraction of sp³-hybridized carbons (Fsp3) is 0.310. The van der Waals surface area contributed by atoms with Crippen LogP contribution in [0.4, 0.5) is 0 Å². The number of nitriles is 1. The maximum Gasteiger partial charge on any atom is 0.127 e. The highest BCUT2D eigenvalue weighted by Gasteiger charge is 2.62. The van der Waals surface area contributed by atoms with Gasteiger partial charge in [-0.25, -0.2) is 0 Å². The molecule has 166 valence electrons. The van der Waals surface area contributed by atoms with E-state index in [1.807, 2.05) is 13.2 Å². The van der Waals surface area contributed by atoms with Gasteiger partial charge in [-0.05, 0) is 72.1 Å². The van der Waals surface area contributed by atoms with E-state index >= 15 is 0 Å². The van der Waals surface area contributed by atoms with Crippen molar-refractivity contribution in [3.63, 3.8) is 0 Å². The van der Waals surface area contributed by atoms with E-state index in [9.17, 15) is 5.26 Å². The molecule has 0 amide bonds. The molecule has 3 aliphatic rings. The molecule has 1 aliphatic heterocycles. The van der Waals surface area contributed by atoms with Crippen LogP contribution in [0.1, 0.15) is 53.5 Å². The lowest BCUT2D eigenvalue weighted by atomic mass is 9.59. The Morgan fingerprint density at radius 1 is 1.21 bits per heavy atom. The van der Waals surface area contributed by atoms with Crippen molar-refractivity contribution in [1.82, 2.24) is 0 Å². The van der Waals surface area contributed by atoms with E-state index in [2.05, 4.69) is 55.6 Å². The molecule has 33 heavy (non-hydrogen) atoms. The fourth-order valence-electron chi connectivity index (χ4n) is 6.36. The smallest absolute Gasteiger partial charge is 0.127 e. The van der Waals surface area contributed by atoms with Crippen molar-refractivity contribution in [3.05, 3.63) is 101 Å². The topological polar surface area (TPSA) is 71.4 Å². The molecule has 1 unspecified atom stereocenters. The minimum absolute atomic E-state index is 0.0332. The Bertz CT molecular complexity index is 1250. The maximum atomic E-state index is 9.22. The Morgan fingerprint density at radius 2 is 1.97 bits per heavy atom. The number of nitrogens with two attached hydrogens (primary N) is 1. The van der Waals surface area contributed by atoms with Gasteiger partial charge in [-0.1, -0.05) is 55.6 Å². The molecule has 0 bridgehead atoms. The SMILES string of the molecule is C=CC(=CC(=C)C#N)c1ccc2c(c1)C1(N=C(N)c3ccccc31)C1(CCC(OC)CC1)C2. The number of benzene rings is 2. The van der Waals surface area contributed by atoms with Crippen LogP contribution in [0, 0.1) is 16.7 Å². The van der Waals surface area contributed by atoms with Gasteiger partial charge in [-0.3, -0.25) is 4.99 Å². The highest BCUT2D eigenvalue weighted by atomic mass is 16.5. The molecule has 0 saturated heterocycles. The number of ether oxygens (including phenoxy) is 1. The normalized spacial score (nSPS) is 27.7. The Kier molecular flexibility index (Phi) is 5.11. The summed E-state index contributed by atoms with van der Waals surface area (Å²) in [4.78, 5) is 5.30. The molecule has 5 rings (SSSR count). The van der Waals surface area contributed by atoms with Crippen LogP contribution in [0.2, 0.25) is 0 Å². The lowest BCUT2D eigenvalue weighted by molar-refractivity contribution is 0.00685. The Labute approximate surface area is 195 Å². The molecule has 0 aromatic heterocycles. The number of amidine groups is 1. The van der Waals surface area contributed by atoms with E-state index in [0.717, 1.165) is 48.8 Å². The zero-order chi connectivity index (χ0) is 23.2. The van der Waals surface area contributed by atoms with E-state index < -0.39 is 5.54 Å². The molecule has 2 aromatic rings. The standard InChI is InChI=1S/C29H29N3O/c1-4-20(15-19(2)18-30)21-9-10-22-17-28(13-11-23(33-3)12-14-28)29(26(22)16-21)25-8-6-5-7-24(25)27(31)32-29/h4-10,15-16,23H,1-2,11-14,17H2,3H3,(H2,31,32).